The molecule has 0 bridgehead atoms. The van der Waals surface area contributed by atoms with Gasteiger partial charge in [0.25, 0.3) is 0 Å². The number of phenolic OH excluding ortho intramolecular Hbond substituents is 1. The van der Waals surface area contributed by atoms with Crippen molar-refractivity contribution in [1.29, 1.82) is 0 Å². The maximum absolute atomic E-state index is 12.9. The summed E-state index contributed by atoms with van der Waals surface area (Å²) < 4.78 is 6.41. The van der Waals surface area contributed by atoms with E-state index in [0.29, 0.717) is 33.4 Å². The molecule has 3 aromatic rings. The molecule has 1 heterocycles. The number of carbonyl (C=O) groups is 1. The van der Waals surface area contributed by atoms with Crippen molar-refractivity contribution < 1.29 is 14.3 Å². The number of furan rings is 1. The molecular weight excluding hydrogens is 332 g/mol. The third-order valence-corrected chi connectivity index (χ3v) is 4.10. The van der Waals surface area contributed by atoms with Crippen LogP contribution in [0.4, 0.5) is 0 Å². The predicted octanol–water partition coefficient (Wildman–Crippen LogP) is 4.69. The molecule has 2 aromatic carbocycles. The Kier molecular flexibility index (Phi) is 3.55. The van der Waals surface area contributed by atoms with Crippen molar-refractivity contribution in [1.82, 2.24) is 0 Å². The largest absolute Gasteiger partial charge is 0.508 e. The molecular formula is C17H13BrO3. The number of aryl methyl sites for hydroxylation is 1. The second kappa shape index (κ2) is 5.37. The van der Waals surface area contributed by atoms with Gasteiger partial charge in [-0.25, -0.2) is 0 Å². The van der Waals surface area contributed by atoms with Crippen molar-refractivity contribution in [3.8, 4) is 5.75 Å². The molecule has 0 spiro atoms. The molecule has 106 valence electrons. The molecule has 4 heteroatoms. The van der Waals surface area contributed by atoms with Crippen LogP contribution >= 0.6 is 15.9 Å². The Morgan fingerprint density at radius 3 is 2.76 bits per heavy atom. The third kappa shape index (κ3) is 2.36. The molecule has 0 aliphatic heterocycles. The number of ketones is 1. The molecule has 1 N–H and O–H groups in total. The smallest absolute Gasteiger partial charge is 0.198 e. The molecule has 0 saturated carbocycles. The van der Waals surface area contributed by atoms with Crippen molar-refractivity contribution >= 4 is 32.7 Å². The topological polar surface area (TPSA) is 50.4 Å². The Morgan fingerprint density at radius 1 is 1.24 bits per heavy atom. The van der Waals surface area contributed by atoms with Gasteiger partial charge in [0.1, 0.15) is 17.1 Å². The summed E-state index contributed by atoms with van der Waals surface area (Å²) in [5, 5.41) is 10.4. The lowest BCUT2D eigenvalue weighted by atomic mass is 9.99. The number of benzene rings is 2. The van der Waals surface area contributed by atoms with Crippen molar-refractivity contribution in [3.63, 3.8) is 0 Å². The lowest BCUT2D eigenvalue weighted by Gasteiger charge is -2.05. The summed E-state index contributed by atoms with van der Waals surface area (Å²) in [6, 6.07) is 12.2. The second-order valence-corrected chi connectivity index (χ2v) is 5.60. The van der Waals surface area contributed by atoms with Crippen LogP contribution in [0.2, 0.25) is 0 Å². The Bertz CT molecular complexity index is 833. The number of rotatable bonds is 3. The molecule has 3 rings (SSSR count). The van der Waals surface area contributed by atoms with Crippen LogP contribution in [-0.2, 0) is 6.42 Å². The van der Waals surface area contributed by atoms with Gasteiger partial charge in [-0.2, -0.15) is 0 Å². The summed E-state index contributed by atoms with van der Waals surface area (Å²) in [4.78, 5) is 12.9. The average Bonchev–Trinajstić information content (AvgIpc) is 2.87. The maximum Gasteiger partial charge on any atom is 0.198 e. The summed E-state index contributed by atoms with van der Waals surface area (Å²) in [6.45, 7) is 1.95. The zero-order valence-corrected chi connectivity index (χ0v) is 13.0. The van der Waals surface area contributed by atoms with Crippen LogP contribution in [0.15, 0.2) is 51.4 Å². The first-order chi connectivity index (χ1) is 10.1. The van der Waals surface area contributed by atoms with Gasteiger partial charge < -0.3 is 9.52 Å². The molecule has 0 saturated heterocycles. The summed E-state index contributed by atoms with van der Waals surface area (Å²) in [5.41, 5.74) is 1.70. The van der Waals surface area contributed by atoms with Crippen molar-refractivity contribution in [2.45, 2.75) is 13.3 Å². The summed E-state index contributed by atoms with van der Waals surface area (Å²) in [7, 11) is 0. The summed E-state index contributed by atoms with van der Waals surface area (Å²) in [6.07, 6.45) is 0.631. The number of hydrogen-bond acceptors (Lipinski definition) is 3. The molecule has 0 radical (unpaired) electrons. The number of carbonyl (C=O) groups excluding carboxylic acids is 1. The van der Waals surface area contributed by atoms with E-state index in [1.54, 1.807) is 6.07 Å². The van der Waals surface area contributed by atoms with Gasteiger partial charge >= 0.3 is 0 Å². The van der Waals surface area contributed by atoms with Gasteiger partial charge in [-0.05, 0) is 24.3 Å². The molecule has 0 amide bonds. The van der Waals surface area contributed by atoms with Gasteiger partial charge in [0, 0.05) is 21.8 Å². The number of aromatic hydroxyl groups is 1. The van der Waals surface area contributed by atoms with Crippen LogP contribution < -0.4 is 0 Å². The highest BCUT2D eigenvalue weighted by Gasteiger charge is 2.22. The SMILES string of the molecule is CCc1oc2ccccc2c1C(=O)c1cc(O)ccc1Br. The van der Waals surface area contributed by atoms with Crippen LogP contribution in [0.5, 0.6) is 5.75 Å². The first-order valence-electron chi connectivity index (χ1n) is 6.65. The molecule has 0 unspecified atom stereocenters. The zero-order chi connectivity index (χ0) is 15.0. The number of hydrogen-bond donors (Lipinski definition) is 1. The Hall–Kier alpha value is -2.07. The second-order valence-electron chi connectivity index (χ2n) is 4.74. The third-order valence-electron chi connectivity index (χ3n) is 3.41. The minimum Gasteiger partial charge on any atom is -0.508 e. The van der Waals surface area contributed by atoms with Crippen LogP contribution in [0.3, 0.4) is 0 Å². The van der Waals surface area contributed by atoms with E-state index in [2.05, 4.69) is 15.9 Å². The van der Waals surface area contributed by atoms with Gasteiger partial charge in [-0.3, -0.25) is 4.79 Å². The summed E-state index contributed by atoms with van der Waals surface area (Å²) in [5.74, 6) is 0.573. The van der Waals surface area contributed by atoms with Crippen LogP contribution in [-0.4, -0.2) is 10.9 Å². The Labute approximate surface area is 130 Å². The van der Waals surface area contributed by atoms with Gasteiger partial charge in [0.15, 0.2) is 5.78 Å². The quantitative estimate of drug-likeness (QED) is 0.701. The monoisotopic (exact) mass is 344 g/mol. The van der Waals surface area contributed by atoms with E-state index in [1.807, 2.05) is 31.2 Å². The van der Waals surface area contributed by atoms with E-state index in [0.717, 1.165) is 5.39 Å². The average molecular weight is 345 g/mol. The minimum absolute atomic E-state index is 0.0624. The number of para-hydroxylation sites is 1. The van der Waals surface area contributed by atoms with Crippen LogP contribution in [0.1, 0.15) is 28.6 Å². The van der Waals surface area contributed by atoms with Crippen molar-refractivity contribution in [2.24, 2.45) is 0 Å². The molecule has 0 atom stereocenters. The molecule has 0 aliphatic carbocycles. The molecule has 3 nitrogen and oxygen atoms in total. The van der Waals surface area contributed by atoms with E-state index in [1.165, 1.54) is 12.1 Å². The minimum atomic E-state index is -0.153. The van der Waals surface area contributed by atoms with E-state index >= 15 is 0 Å². The standard InChI is InChI=1S/C17H13BrO3/c1-2-14-16(11-5-3-4-6-15(11)21-14)17(20)12-9-10(19)7-8-13(12)18/h3-9,19H,2H2,1H3. The number of halogens is 1. The van der Waals surface area contributed by atoms with E-state index < -0.39 is 0 Å². The van der Waals surface area contributed by atoms with E-state index in [9.17, 15) is 9.90 Å². The van der Waals surface area contributed by atoms with Crippen LogP contribution in [0.25, 0.3) is 11.0 Å². The zero-order valence-electron chi connectivity index (χ0n) is 11.4. The molecule has 0 aliphatic rings. The van der Waals surface area contributed by atoms with Crippen molar-refractivity contribution in [3.05, 3.63) is 63.8 Å². The highest BCUT2D eigenvalue weighted by Crippen LogP contribution is 2.31. The van der Waals surface area contributed by atoms with Gasteiger partial charge in [0.05, 0.1) is 5.56 Å². The van der Waals surface area contributed by atoms with Crippen LogP contribution in [0, 0.1) is 0 Å². The lowest BCUT2D eigenvalue weighted by molar-refractivity contribution is 0.103. The highest BCUT2D eigenvalue weighted by atomic mass is 79.9. The fourth-order valence-corrected chi connectivity index (χ4v) is 2.84. The first-order valence-corrected chi connectivity index (χ1v) is 7.44. The van der Waals surface area contributed by atoms with Crippen molar-refractivity contribution in [2.75, 3.05) is 0 Å². The molecule has 1 aromatic heterocycles. The van der Waals surface area contributed by atoms with E-state index in [4.69, 9.17) is 4.42 Å². The predicted molar refractivity (Wildman–Crippen MR) is 84.8 cm³/mol. The van der Waals surface area contributed by atoms with Gasteiger partial charge in [-0.15, -0.1) is 0 Å². The fourth-order valence-electron chi connectivity index (χ4n) is 2.42. The lowest BCUT2D eigenvalue weighted by Crippen LogP contribution is -2.04. The summed E-state index contributed by atoms with van der Waals surface area (Å²) >= 11 is 3.36. The number of fused-ring (bicyclic) bond motifs is 1. The molecule has 0 fully saturated rings. The Balaban J connectivity index is 2.24. The highest BCUT2D eigenvalue weighted by molar-refractivity contribution is 9.10. The first kappa shape index (κ1) is 13.9. The fraction of sp³-hybridized carbons (Fsp3) is 0.118. The van der Waals surface area contributed by atoms with Gasteiger partial charge in [-0.1, -0.05) is 41.1 Å². The Morgan fingerprint density at radius 2 is 2.00 bits per heavy atom. The normalized spacial score (nSPS) is 11.0. The van der Waals surface area contributed by atoms with E-state index in [-0.39, 0.29) is 11.5 Å². The van der Waals surface area contributed by atoms with Gasteiger partial charge in [0.2, 0.25) is 0 Å². The molecule has 21 heavy (non-hydrogen) atoms. The number of phenols is 1. The maximum atomic E-state index is 12.9.